The zero-order chi connectivity index (χ0) is 12.0. The van der Waals surface area contributed by atoms with Gasteiger partial charge in [-0.3, -0.25) is 9.63 Å². The predicted octanol–water partition coefficient (Wildman–Crippen LogP) is 1.75. The SMILES string of the molecule is CC(C)(C)NCCC(=O)NOC1CCCC1. The van der Waals surface area contributed by atoms with Crippen molar-refractivity contribution < 1.29 is 9.63 Å². The summed E-state index contributed by atoms with van der Waals surface area (Å²) in [6.45, 7) is 6.93. The Kier molecular flexibility index (Phi) is 5.22. The van der Waals surface area contributed by atoms with Crippen molar-refractivity contribution in [2.45, 2.75) is 64.5 Å². The van der Waals surface area contributed by atoms with E-state index in [1.54, 1.807) is 0 Å². The molecule has 94 valence electrons. The molecule has 2 N–H and O–H groups in total. The molecular formula is C12H24N2O2. The molecule has 0 spiro atoms. The third kappa shape index (κ3) is 6.08. The lowest BCUT2D eigenvalue weighted by atomic mass is 10.1. The summed E-state index contributed by atoms with van der Waals surface area (Å²) in [6, 6.07) is 0. The average molecular weight is 228 g/mol. The molecule has 0 radical (unpaired) electrons. The monoisotopic (exact) mass is 228 g/mol. The van der Waals surface area contributed by atoms with Crippen molar-refractivity contribution >= 4 is 5.91 Å². The molecule has 0 saturated heterocycles. The van der Waals surface area contributed by atoms with Crippen molar-refractivity contribution in [3.8, 4) is 0 Å². The molecule has 1 fully saturated rings. The van der Waals surface area contributed by atoms with Crippen LogP contribution in [0.25, 0.3) is 0 Å². The van der Waals surface area contributed by atoms with Gasteiger partial charge in [0.05, 0.1) is 6.10 Å². The summed E-state index contributed by atoms with van der Waals surface area (Å²) in [7, 11) is 0. The lowest BCUT2D eigenvalue weighted by molar-refractivity contribution is -0.138. The molecule has 1 aliphatic rings. The van der Waals surface area contributed by atoms with E-state index < -0.39 is 0 Å². The van der Waals surface area contributed by atoms with Crippen LogP contribution in [0.4, 0.5) is 0 Å². The normalized spacial score (nSPS) is 17.7. The van der Waals surface area contributed by atoms with Crippen LogP contribution in [0, 0.1) is 0 Å². The Morgan fingerprint density at radius 2 is 1.94 bits per heavy atom. The predicted molar refractivity (Wildman–Crippen MR) is 63.9 cm³/mol. The van der Waals surface area contributed by atoms with E-state index in [2.05, 4.69) is 31.6 Å². The first-order chi connectivity index (χ1) is 7.47. The third-order valence-corrected chi connectivity index (χ3v) is 2.65. The molecule has 1 saturated carbocycles. The minimum Gasteiger partial charge on any atom is -0.312 e. The maximum Gasteiger partial charge on any atom is 0.244 e. The Balaban J connectivity index is 2.02. The van der Waals surface area contributed by atoms with E-state index in [-0.39, 0.29) is 17.6 Å². The molecule has 1 aliphatic carbocycles. The van der Waals surface area contributed by atoms with Crippen LogP contribution >= 0.6 is 0 Å². The molecule has 0 aliphatic heterocycles. The van der Waals surface area contributed by atoms with Crippen LogP contribution in [-0.2, 0) is 9.63 Å². The van der Waals surface area contributed by atoms with Crippen LogP contribution in [0.15, 0.2) is 0 Å². The van der Waals surface area contributed by atoms with Crippen LogP contribution in [0.5, 0.6) is 0 Å². The van der Waals surface area contributed by atoms with Crippen molar-refractivity contribution in [2.75, 3.05) is 6.54 Å². The molecular weight excluding hydrogens is 204 g/mol. The van der Waals surface area contributed by atoms with Crippen LogP contribution < -0.4 is 10.8 Å². The van der Waals surface area contributed by atoms with Crippen LogP contribution in [0.1, 0.15) is 52.9 Å². The number of hydrogen-bond donors (Lipinski definition) is 2. The van der Waals surface area contributed by atoms with E-state index in [0.717, 1.165) is 12.8 Å². The fourth-order valence-corrected chi connectivity index (χ4v) is 1.76. The van der Waals surface area contributed by atoms with Gasteiger partial charge in [0.2, 0.25) is 5.91 Å². The second kappa shape index (κ2) is 6.21. The van der Waals surface area contributed by atoms with Gasteiger partial charge in [-0.2, -0.15) is 0 Å². The maximum absolute atomic E-state index is 11.4. The second-order valence-electron chi connectivity index (χ2n) is 5.48. The largest absolute Gasteiger partial charge is 0.312 e. The van der Waals surface area contributed by atoms with Gasteiger partial charge in [0.25, 0.3) is 0 Å². The molecule has 0 unspecified atom stereocenters. The van der Waals surface area contributed by atoms with Gasteiger partial charge >= 0.3 is 0 Å². The smallest absolute Gasteiger partial charge is 0.244 e. The second-order valence-corrected chi connectivity index (χ2v) is 5.48. The maximum atomic E-state index is 11.4. The van der Waals surface area contributed by atoms with Gasteiger partial charge in [-0.1, -0.05) is 12.8 Å². The van der Waals surface area contributed by atoms with E-state index in [9.17, 15) is 4.79 Å². The van der Waals surface area contributed by atoms with Gasteiger partial charge in [0, 0.05) is 18.5 Å². The lowest BCUT2D eigenvalue weighted by Gasteiger charge is -2.20. The molecule has 4 heteroatoms. The zero-order valence-corrected chi connectivity index (χ0v) is 10.6. The first-order valence-electron chi connectivity index (χ1n) is 6.17. The van der Waals surface area contributed by atoms with Crippen molar-refractivity contribution in [3.05, 3.63) is 0 Å². The van der Waals surface area contributed by atoms with Crippen molar-refractivity contribution in [2.24, 2.45) is 0 Å². The Labute approximate surface area is 98.1 Å². The number of carbonyl (C=O) groups excluding carboxylic acids is 1. The van der Waals surface area contributed by atoms with Gasteiger partial charge in [-0.25, -0.2) is 5.48 Å². The number of carbonyl (C=O) groups is 1. The standard InChI is InChI=1S/C12H24N2O2/c1-12(2,3)13-9-8-11(15)14-16-10-6-4-5-7-10/h10,13H,4-9H2,1-3H3,(H,14,15). The van der Waals surface area contributed by atoms with E-state index >= 15 is 0 Å². The van der Waals surface area contributed by atoms with Crippen molar-refractivity contribution in [3.63, 3.8) is 0 Å². The highest BCUT2D eigenvalue weighted by Crippen LogP contribution is 2.19. The van der Waals surface area contributed by atoms with E-state index in [1.807, 2.05) is 0 Å². The van der Waals surface area contributed by atoms with E-state index in [0.29, 0.717) is 13.0 Å². The van der Waals surface area contributed by atoms with Gasteiger partial charge < -0.3 is 5.32 Å². The average Bonchev–Trinajstić information content (AvgIpc) is 2.65. The Morgan fingerprint density at radius 3 is 2.50 bits per heavy atom. The van der Waals surface area contributed by atoms with Crippen molar-refractivity contribution in [1.82, 2.24) is 10.8 Å². The number of rotatable bonds is 5. The lowest BCUT2D eigenvalue weighted by Crippen LogP contribution is -2.39. The van der Waals surface area contributed by atoms with E-state index in [4.69, 9.17) is 4.84 Å². The summed E-state index contributed by atoms with van der Waals surface area (Å²) >= 11 is 0. The molecule has 0 aromatic carbocycles. The molecule has 0 atom stereocenters. The van der Waals surface area contributed by atoms with Gasteiger partial charge in [0.15, 0.2) is 0 Å². The highest BCUT2D eigenvalue weighted by atomic mass is 16.7. The number of amides is 1. The first kappa shape index (κ1) is 13.5. The number of hydroxylamine groups is 1. The number of nitrogens with one attached hydrogen (secondary N) is 2. The molecule has 0 aromatic rings. The molecule has 1 rings (SSSR count). The van der Waals surface area contributed by atoms with Crippen molar-refractivity contribution in [1.29, 1.82) is 0 Å². The Bertz CT molecular complexity index is 218. The van der Waals surface area contributed by atoms with Gasteiger partial charge in [-0.05, 0) is 33.6 Å². The first-order valence-corrected chi connectivity index (χ1v) is 6.17. The summed E-state index contributed by atoms with van der Waals surface area (Å²) in [6.07, 6.45) is 5.27. The molecule has 0 aromatic heterocycles. The van der Waals surface area contributed by atoms with E-state index in [1.165, 1.54) is 12.8 Å². The number of hydrogen-bond acceptors (Lipinski definition) is 3. The zero-order valence-electron chi connectivity index (χ0n) is 10.6. The third-order valence-electron chi connectivity index (χ3n) is 2.65. The van der Waals surface area contributed by atoms with Crippen LogP contribution in [0.3, 0.4) is 0 Å². The molecule has 0 bridgehead atoms. The molecule has 4 nitrogen and oxygen atoms in total. The summed E-state index contributed by atoms with van der Waals surface area (Å²) < 4.78 is 0. The topological polar surface area (TPSA) is 50.4 Å². The fraction of sp³-hybridized carbons (Fsp3) is 0.917. The molecule has 1 amide bonds. The quantitative estimate of drug-likeness (QED) is 0.705. The van der Waals surface area contributed by atoms with Gasteiger partial charge in [0.1, 0.15) is 0 Å². The highest BCUT2D eigenvalue weighted by Gasteiger charge is 2.17. The Morgan fingerprint density at radius 1 is 1.31 bits per heavy atom. The molecule has 16 heavy (non-hydrogen) atoms. The minimum absolute atomic E-state index is 0.0383. The Hall–Kier alpha value is -0.610. The van der Waals surface area contributed by atoms with Crippen LogP contribution in [-0.4, -0.2) is 24.1 Å². The fourth-order valence-electron chi connectivity index (χ4n) is 1.76. The summed E-state index contributed by atoms with van der Waals surface area (Å²) in [5.41, 5.74) is 2.59. The van der Waals surface area contributed by atoms with Crippen LogP contribution in [0.2, 0.25) is 0 Å². The summed E-state index contributed by atoms with van der Waals surface area (Å²) in [4.78, 5) is 16.7. The van der Waals surface area contributed by atoms with Gasteiger partial charge in [-0.15, -0.1) is 0 Å². The summed E-state index contributed by atoms with van der Waals surface area (Å²) in [5.74, 6) is -0.0383. The highest BCUT2D eigenvalue weighted by molar-refractivity contribution is 5.74. The summed E-state index contributed by atoms with van der Waals surface area (Å²) in [5, 5.41) is 3.26. The minimum atomic E-state index is -0.0383. The molecule has 0 heterocycles.